The fourth-order valence-electron chi connectivity index (χ4n) is 1.93. The summed E-state index contributed by atoms with van der Waals surface area (Å²) in [6, 6.07) is 12.3. The van der Waals surface area contributed by atoms with Crippen LogP contribution in [-0.4, -0.2) is 4.21 Å². The van der Waals surface area contributed by atoms with Gasteiger partial charge in [-0.05, 0) is 49.2 Å². The van der Waals surface area contributed by atoms with E-state index in [9.17, 15) is 4.21 Å². The summed E-state index contributed by atoms with van der Waals surface area (Å²) in [6.07, 6.45) is 0. The maximum Gasteiger partial charge on any atom is 0.0872 e. The lowest BCUT2D eigenvalue weighted by atomic mass is 10.2. The molecule has 0 N–H and O–H groups in total. The SMILES string of the molecule is Cc1ccc2c(c1)Sc1ccc(C)cc1S2=O. The van der Waals surface area contributed by atoms with Gasteiger partial charge in [-0.3, -0.25) is 0 Å². The molecule has 0 radical (unpaired) electrons. The minimum atomic E-state index is -1.03. The third kappa shape index (κ3) is 1.83. The van der Waals surface area contributed by atoms with Crippen molar-refractivity contribution in [2.45, 2.75) is 33.4 Å². The zero-order valence-corrected chi connectivity index (χ0v) is 11.3. The Balaban J connectivity index is 2.21. The molecule has 1 unspecified atom stereocenters. The van der Waals surface area contributed by atoms with E-state index in [1.54, 1.807) is 11.8 Å². The van der Waals surface area contributed by atoms with E-state index in [2.05, 4.69) is 25.1 Å². The van der Waals surface area contributed by atoms with E-state index in [4.69, 9.17) is 0 Å². The molecular weight excluding hydrogens is 248 g/mol. The first-order valence-corrected chi connectivity index (χ1v) is 7.43. The van der Waals surface area contributed by atoms with Gasteiger partial charge in [-0.25, -0.2) is 4.21 Å². The van der Waals surface area contributed by atoms with Crippen molar-refractivity contribution in [2.24, 2.45) is 0 Å². The van der Waals surface area contributed by atoms with Crippen LogP contribution in [0.1, 0.15) is 11.1 Å². The number of hydrogen-bond acceptors (Lipinski definition) is 2. The van der Waals surface area contributed by atoms with E-state index < -0.39 is 10.8 Å². The quantitative estimate of drug-likeness (QED) is 0.609. The van der Waals surface area contributed by atoms with Crippen LogP contribution in [0.2, 0.25) is 0 Å². The lowest BCUT2D eigenvalue weighted by Crippen LogP contribution is -2.03. The Labute approximate surface area is 108 Å². The highest BCUT2D eigenvalue weighted by Crippen LogP contribution is 2.43. The number of fused-ring (bicyclic) bond motifs is 2. The largest absolute Gasteiger partial charge is 0.249 e. The van der Waals surface area contributed by atoms with Gasteiger partial charge in [0.1, 0.15) is 0 Å². The van der Waals surface area contributed by atoms with Crippen LogP contribution >= 0.6 is 11.8 Å². The molecule has 3 heteroatoms. The molecule has 86 valence electrons. The van der Waals surface area contributed by atoms with Gasteiger partial charge in [-0.2, -0.15) is 0 Å². The molecule has 2 aromatic carbocycles. The number of hydrogen-bond donors (Lipinski definition) is 0. The standard InChI is InChI=1S/C14H12OS2/c1-9-4-6-13-12(7-9)16-11-5-3-10(2)8-14(11)17(13)15/h3-8H,1-2H3. The third-order valence-corrected chi connectivity index (χ3v) is 5.70. The van der Waals surface area contributed by atoms with Gasteiger partial charge in [0.2, 0.25) is 0 Å². The lowest BCUT2D eigenvalue weighted by molar-refractivity contribution is 0.679. The summed E-state index contributed by atoms with van der Waals surface area (Å²) in [4.78, 5) is 4.14. The van der Waals surface area contributed by atoms with Gasteiger partial charge in [-0.15, -0.1) is 0 Å². The second-order valence-electron chi connectivity index (χ2n) is 4.27. The monoisotopic (exact) mass is 260 g/mol. The first-order chi connectivity index (χ1) is 8.15. The second-order valence-corrected chi connectivity index (χ2v) is 6.77. The Bertz CT molecular complexity index is 632. The van der Waals surface area contributed by atoms with Crippen LogP contribution in [0.5, 0.6) is 0 Å². The van der Waals surface area contributed by atoms with E-state index in [-0.39, 0.29) is 0 Å². The normalized spacial score (nSPS) is 17.4. The first-order valence-electron chi connectivity index (χ1n) is 5.46. The molecule has 0 saturated heterocycles. The molecule has 1 heterocycles. The summed E-state index contributed by atoms with van der Waals surface area (Å²) in [7, 11) is -1.03. The van der Waals surface area contributed by atoms with Gasteiger partial charge < -0.3 is 0 Å². The average Bonchev–Trinajstić information content (AvgIpc) is 2.30. The maximum atomic E-state index is 12.5. The third-order valence-electron chi connectivity index (χ3n) is 2.82. The molecule has 0 bridgehead atoms. The van der Waals surface area contributed by atoms with Gasteiger partial charge >= 0.3 is 0 Å². The summed E-state index contributed by atoms with van der Waals surface area (Å²) < 4.78 is 12.5. The average molecular weight is 260 g/mol. The summed E-state index contributed by atoms with van der Waals surface area (Å²) in [5.41, 5.74) is 2.37. The Kier molecular flexibility index (Phi) is 2.60. The molecule has 3 rings (SSSR count). The van der Waals surface area contributed by atoms with Crippen molar-refractivity contribution in [3.63, 3.8) is 0 Å². The Morgan fingerprint density at radius 3 is 2.41 bits per heavy atom. The molecule has 1 aliphatic heterocycles. The van der Waals surface area contributed by atoms with E-state index in [0.29, 0.717) is 0 Å². The number of aryl methyl sites for hydroxylation is 2. The van der Waals surface area contributed by atoms with E-state index in [1.807, 2.05) is 25.1 Å². The summed E-state index contributed by atoms with van der Waals surface area (Å²) in [5.74, 6) is 0. The lowest BCUT2D eigenvalue weighted by Gasteiger charge is -2.18. The van der Waals surface area contributed by atoms with Crippen molar-refractivity contribution in [1.29, 1.82) is 0 Å². The van der Waals surface area contributed by atoms with Crippen LogP contribution in [-0.2, 0) is 10.8 Å². The molecule has 1 aliphatic rings. The van der Waals surface area contributed by atoms with Gasteiger partial charge in [0, 0.05) is 9.79 Å². The minimum absolute atomic E-state index is 0.943. The van der Waals surface area contributed by atoms with Crippen molar-refractivity contribution in [1.82, 2.24) is 0 Å². The highest BCUT2D eigenvalue weighted by molar-refractivity contribution is 8.01. The smallest absolute Gasteiger partial charge is 0.0872 e. The topological polar surface area (TPSA) is 17.1 Å². The fraction of sp³-hybridized carbons (Fsp3) is 0.143. The van der Waals surface area contributed by atoms with Crippen molar-refractivity contribution in [3.05, 3.63) is 47.5 Å². The highest BCUT2D eigenvalue weighted by atomic mass is 32.2. The van der Waals surface area contributed by atoms with Gasteiger partial charge in [-0.1, -0.05) is 23.9 Å². The molecular formula is C14H12OS2. The van der Waals surface area contributed by atoms with Gasteiger partial charge in [0.15, 0.2) is 0 Å². The first kappa shape index (κ1) is 11.1. The molecule has 1 nitrogen and oxygen atoms in total. The molecule has 17 heavy (non-hydrogen) atoms. The Morgan fingerprint density at radius 1 is 0.882 bits per heavy atom. The Hall–Kier alpha value is -1.06. The van der Waals surface area contributed by atoms with Gasteiger partial charge in [0.25, 0.3) is 0 Å². The molecule has 0 aromatic heterocycles. The van der Waals surface area contributed by atoms with Crippen LogP contribution in [0.4, 0.5) is 0 Å². The number of benzene rings is 2. The van der Waals surface area contributed by atoms with Crippen molar-refractivity contribution >= 4 is 22.6 Å². The zero-order chi connectivity index (χ0) is 12.0. The summed E-state index contributed by atoms with van der Waals surface area (Å²) in [6.45, 7) is 4.10. The molecule has 1 atom stereocenters. The molecule has 2 aromatic rings. The van der Waals surface area contributed by atoms with Crippen molar-refractivity contribution in [2.75, 3.05) is 0 Å². The molecule has 0 spiro atoms. The summed E-state index contributed by atoms with van der Waals surface area (Å²) >= 11 is 1.72. The fourth-order valence-corrected chi connectivity index (χ4v) is 4.79. The van der Waals surface area contributed by atoms with E-state index >= 15 is 0 Å². The number of rotatable bonds is 0. The zero-order valence-electron chi connectivity index (χ0n) is 9.69. The Morgan fingerprint density at radius 2 is 1.59 bits per heavy atom. The summed E-state index contributed by atoms with van der Waals surface area (Å²) in [5, 5.41) is 0. The van der Waals surface area contributed by atoms with E-state index in [0.717, 1.165) is 25.1 Å². The van der Waals surface area contributed by atoms with Crippen LogP contribution in [0.15, 0.2) is 56.0 Å². The second kappa shape index (κ2) is 4.00. The van der Waals surface area contributed by atoms with Crippen molar-refractivity contribution < 1.29 is 4.21 Å². The predicted molar refractivity (Wildman–Crippen MR) is 71.2 cm³/mol. The molecule has 0 aliphatic carbocycles. The minimum Gasteiger partial charge on any atom is -0.249 e. The molecule has 0 saturated carbocycles. The van der Waals surface area contributed by atoms with Crippen LogP contribution in [0, 0.1) is 13.8 Å². The van der Waals surface area contributed by atoms with Crippen LogP contribution < -0.4 is 0 Å². The highest BCUT2D eigenvalue weighted by Gasteiger charge is 2.22. The molecule has 0 fully saturated rings. The van der Waals surface area contributed by atoms with Crippen LogP contribution in [0.25, 0.3) is 0 Å². The van der Waals surface area contributed by atoms with E-state index in [1.165, 1.54) is 5.56 Å². The molecule has 0 amide bonds. The van der Waals surface area contributed by atoms with Crippen LogP contribution in [0.3, 0.4) is 0 Å². The van der Waals surface area contributed by atoms with Gasteiger partial charge in [0.05, 0.1) is 20.6 Å². The predicted octanol–water partition coefficient (Wildman–Crippen LogP) is 3.93. The van der Waals surface area contributed by atoms with Crippen molar-refractivity contribution in [3.8, 4) is 0 Å². The maximum absolute atomic E-state index is 12.5.